The van der Waals surface area contributed by atoms with E-state index in [1.165, 1.54) is 13.2 Å². The van der Waals surface area contributed by atoms with Crippen LogP contribution in [-0.2, 0) is 4.79 Å². The van der Waals surface area contributed by atoms with E-state index in [0.717, 1.165) is 13.0 Å². The van der Waals surface area contributed by atoms with E-state index in [1.807, 2.05) is 0 Å². The van der Waals surface area contributed by atoms with Gasteiger partial charge >= 0.3 is 0 Å². The molecule has 0 fully saturated rings. The van der Waals surface area contributed by atoms with Gasteiger partial charge in [-0.2, -0.15) is 0 Å². The first kappa shape index (κ1) is 13.9. The zero-order chi connectivity index (χ0) is 12.0. The second-order valence-corrected chi connectivity index (χ2v) is 3.62. The lowest BCUT2D eigenvalue weighted by Gasteiger charge is -2.03. The quantitative estimate of drug-likeness (QED) is 0.776. The molecule has 1 rings (SSSR count). The summed E-state index contributed by atoms with van der Waals surface area (Å²) in [6.07, 6.45) is 0. The summed E-state index contributed by atoms with van der Waals surface area (Å²) in [6, 6.07) is 2.46. The van der Waals surface area contributed by atoms with Gasteiger partial charge in [0.2, 0.25) is 0 Å². The van der Waals surface area contributed by atoms with Gasteiger partial charge < -0.3 is 14.9 Å². The zero-order valence-corrected chi connectivity index (χ0v) is 10.3. The van der Waals surface area contributed by atoms with Crippen molar-refractivity contribution in [2.75, 3.05) is 7.11 Å². The maximum Gasteiger partial charge on any atom is 0.300 e. The van der Waals surface area contributed by atoms with Gasteiger partial charge in [-0.05, 0) is 22.6 Å². The molecule has 2 N–H and O–H groups in total. The summed E-state index contributed by atoms with van der Waals surface area (Å²) in [7, 11) is 1.38. The van der Waals surface area contributed by atoms with Crippen LogP contribution in [0, 0.1) is 9.39 Å². The minimum Gasteiger partial charge on any atom is -0.504 e. The highest BCUT2D eigenvalue weighted by Crippen LogP contribution is 2.28. The third-order valence-corrected chi connectivity index (χ3v) is 2.05. The van der Waals surface area contributed by atoms with Crippen LogP contribution in [0.3, 0.4) is 0 Å². The highest BCUT2D eigenvalue weighted by atomic mass is 127. The standard InChI is InChI=1S/C7H6FIO2.C2H4O2/c1-11-7-2-4(8)5(9)3-6(7)10;1-2(3)4/h2-3,10H,1H3;1H3,(H,3,4). The molecule has 0 aliphatic heterocycles. The van der Waals surface area contributed by atoms with Gasteiger partial charge in [-0.15, -0.1) is 0 Å². The summed E-state index contributed by atoms with van der Waals surface area (Å²) in [5, 5.41) is 16.5. The minimum absolute atomic E-state index is 0.0432. The van der Waals surface area contributed by atoms with Crippen LogP contribution in [0.4, 0.5) is 4.39 Å². The first-order valence-electron chi connectivity index (χ1n) is 3.80. The molecule has 0 radical (unpaired) electrons. The number of aliphatic carboxylic acids is 1. The van der Waals surface area contributed by atoms with E-state index in [4.69, 9.17) is 15.0 Å². The van der Waals surface area contributed by atoms with Crippen molar-refractivity contribution >= 4 is 28.6 Å². The Balaban J connectivity index is 0.000000423. The molecule has 84 valence electrons. The molecule has 6 heteroatoms. The Morgan fingerprint density at radius 1 is 1.53 bits per heavy atom. The Kier molecular flexibility index (Phi) is 5.99. The van der Waals surface area contributed by atoms with Gasteiger partial charge in [-0.25, -0.2) is 4.39 Å². The van der Waals surface area contributed by atoms with Gasteiger partial charge in [0.15, 0.2) is 11.5 Å². The maximum absolute atomic E-state index is 12.7. The fourth-order valence-electron chi connectivity index (χ4n) is 0.682. The minimum atomic E-state index is -0.833. The van der Waals surface area contributed by atoms with Gasteiger partial charge in [-0.3, -0.25) is 4.79 Å². The third kappa shape index (κ3) is 5.40. The predicted octanol–water partition coefficient (Wildman–Crippen LogP) is 2.24. The summed E-state index contributed by atoms with van der Waals surface area (Å²) in [4.78, 5) is 9.00. The molecule has 0 unspecified atom stereocenters. The van der Waals surface area contributed by atoms with Crippen molar-refractivity contribution < 1.29 is 24.1 Å². The number of phenolic OH excluding ortho intramolecular Hbond substituents is 1. The normalized spacial score (nSPS) is 8.80. The summed E-state index contributed by atoms with van der Waals surface area (Å²) in [6.45, 7) is 1.08. The predicted molar refractivity (Wildman–Crippen MR) is 60.6 cm³/mol. The van der Waals surface area contributed by atoms with Crippen LogP contribution in [0.15, 0.2) is 12.1 Å². The topological polar surface area (TPSA) is 66.8 Å². The van der Waals surface area contributed by atoms with E-state index in [9.17, 15) is 4.39 Å². The summed E-state index contributed by atoms with van der Waals surface area (Å²) >= 11 is 1.79. The largest absolute Gasteiger partial charge is 0.504 e. The average Bonchev–Trinajstić information content (AvgIpc) is 2.10. The molecule has 1 aromatic rings. The molecule has 0 aliphatic carbocycles. The number of phenols is 1. The summed E-state index contributed by atoms with van der Waals surface area (Å²) < 4.78 is 17.8. The Morgan fingerprint density at radius 2 is 2.00 bits per heavy atom. The molecule has 0 saturated heterocycles. The lowest BCUT2D eigenvalue weighted by Crippen LogP contribution is -1.87. The van der Waals surface area contributed by atoms with Crippen LogP contribution in [0.2, 0.25) is 0 Å². The van der Waals surface area contributed by atoms with Crippen LogP contribution in [0.1, 0.15) is 6.92 Å². The van der Waals surface area contributed by atoms with Crippen LogP contribution < -0.4 is 4.74 Å². The number of hydrogen-bond donors (Lipinski definition) is 2. The van der Waals surface area contributed by atoms with Crippen LogP contribution >= 0.6 is 22.6 Å². The number of rotatable bonds is 1. The molecule has 0 aromatic heterocycles. The third-order valence-electron chi connectivity index (χ3n) is 1.22. The van der Waals surface area contributed by atoms with Crippen molar-refractivity contribution in [2.24, 2.45) is 0 Å². The van der Waals surface area contributed by atoms with Gasteiger partial charge in [0.1, 0.15) is 5.82 Å². The second kappa shape index (κ2) is 6.44. The average molecular weight is 328 g/mol. The van der Waals surface area contributed by atoms with Crippen LogP contribution in [0.25, 0.3) is 0 Å². The Morgan fingerprint density at radius 3 is 2.40 bits per heavy atom. The highest BCUT2D eigenvalue weighted by molar-refractivity contribution is 14.1. The molecule has 0 bridgehead atoms. The monoisotopic (exact) mass is 328 g/mol. The number of carboxylic acid groups (broad SMARTS) is 1. The van der Waals surface area contributed by atoms with Gasteiger partial charge in [0.25, 0.3) is 5.97 Å². The zero-order valence-electron chi connectivity index (χ0n) is 8.12. The maximum atomic E-state index is 12.7. The number of benzene rings is 1. The summed E-state index contributed by atoms with van der Waals surface area (Å²) in [5.74, 6) is -1.11. The number of aromatic hydroxyl groups is 1. The molecule has 0 heterocycles. The molecule has 0 saturated carbocycles. The lowest BCUT2D eigenvalue weighted by molar-refractivity contribution is -0.134. The highest BCUT2D eigenvalue weighted by Gasteiger charge is 2.06. The fraction of sp³-hybridized carbons (Fsp3) is 0.222. The molecule has 4 nitrogen and oxygen atoms in total. The molecular weight excluding hydrogens is 318 g/mol. The van der Waals surface area contributed by atoms with E-state index in [0.29, 0.717) is 3.57 Å². The van der Waals surface area contributed by atoms with Crippen LogP contribution in [0.5, 0.6) is 11.5 Å². The number of halogens is 2. The first-order chi connectivity index (χ1) is 6.88. The van der Waals surface area contributed by atoms with Crippen molar-refractivity contribution in [3.63, 3.8) is 0 Å². The van der Waals surface area contributed by atoms with E-state index in [1.54, 1.807) is 22.6 Å². The second-order valence-electron chi connectivity index (χ2n) is 2.46. The molecule has 0 aliphatic rings. The van der Waals surface area contributed by atoms with Crippen molar-refractivity contribution in [1.82, 2.24) is 0 Å². The Bertz CT molecular complexity index is 350. The fourth-order valence-corrected chi connectivity index (χ4v) is 1.13. The van der Waals surface area contributed by atoms with E-state index in [2.05, 4.69) is 4.74 Å². The molecular formula is C9H10FIO4. The number of carbonyl (C=O) groups is 1. The Hall–Kier alpha value is -1.05. The van der Waals surface area contributed by atoms with Crippen molar-refractivity contribution in [3.8, 4) is 11.5 Å². The van der Waals surface area contributed by atoms with Crippen molar-refractivity contribution in [3.05, 3.63) is 21.5 Å². The van der Waals surface area contributed by atoms with E-state index in [-0.39, 0.29) is 17.3 Å². The van der Waals surface area contributed by atoms with Gasteiger partial charge in [0.05, 0.1) is 10.7 Å². The van der Waals surface area contributed by atoms with Crippen LogP contribution in [-0.4, -0.2) is 23.3 Å². The molecule has 1 aromatic carbocycles. The SMILES string of the molecule is CC(=O)O.COc1cc(F)c(I)cc1O. The molecule has 0 atom stereocenters. The molecule has 0 spiro atoms. The Labute approximate surface area is 99.8 Å². The van der Waals surface area contributed by atoms with E-state index >= 15 is 0 Å². The lowest BCUT2D eigenvalue weighted by atomic mass is 10.3. The molecule has 0 amide bonds. The number of methoxy groups -OCH3 is 1. The summed E-state index contributed by atoms with van der Waals surface area (Å²) in [5.41, 5.74) is 0. The van der Waals surface area contributed by atoms with Crippen molar-refractivity contribution in [1.29, 1.82) is 0 Å². The first-order valence-corrected chi connectivity index (χ1v) is 4.88. The molecule has 15 heavy (non-hydrogen) atoms. The number of carboxylic acids is 1. The smallest absolute Gasteiger partial charge is 0.300 e. The number of ether oxygens (including phenoxy) is 1. The van der Waals surface area contributed by atoms with Gasteiger partial charge in [0, 0.05) is 19.1 Å². The van der Waals surface area contributed by atoms with Gasteiger partial charge in [-0.1, -0.05) is 0 Å². The number of hydrogen-bond acceptors (Lipinski definition) is 3. The van der Waals surface area contributed by atoms with Crippen molar-refractivity contribution in [2.45, 2.75) is 6.92 Å². The van der Waals surface area contributed by atoms with E-state index < -0.39 is 5.97 Å².